The number of H-pyrrole nitrogens is 1. The number of hydrogen-bond donors (Lipinski definition) is 1. The lowest BCUT2D eigenvalue weighted by Crippen LogP contribution is -1.92. The second kappa shape index (κ2) is 4.84. The molecule has 2 aromatic rings. The van der Waals surface area contributed by atoms with E-state index in [-0.39, 0.29) is 0 Å². The summed E-state index contributed by atoms with van der Waals surface area (Å²) in [5, 5.41) is 0. The molecule has 0 bridgehead atoms. The molecule has 1 heterocycles. The van der Waals surface area contributed by atoms with Crippen molar-refractivity contribution in [1.82, 2.24) is 9.97 Å². The first-order valence-electron chi connectivity index (χ1n) is 5.43. The van der Waals surface area contributed by atoms with Crippen molar-refractivity contribution >= 4 is 22.2 Å². The Balaban J connectivity index is 2.59. The van der Waals surface area contributed by atoms with Crippen LogP contribution in [0.3, 0.4) is 0 Å². The number of nitrogens with zero attached hydrogens (tertiary/aromatic N) is 1. The molecule has 0 spiro atoms. The average Bonchev–Trinajstić information content (AvgIpc) is 2.70. The number of rotatable bonds is 3. The minimum Gasteiger partial charge on any atom is -0.330 e. The highest BCUT2D eigenvalue weighted by Crippen LogP contribution is 2.32. The van der Waals surface area contributed by atoms with Gasteiger partial charge in [-0.15, -0.1) is 0 Å². The van der Waals surface area contributed by atoms with Gasteiger partial charge in [-0.3, -0.25) is 4.79 Å². The molecule has 3 nitrogen and oxygen atoms in total. The molecule has 0 aliphatic carbocycles. The highest BCUT2D eigenvalue weighted by atomic mass is 79.9. The van der Waals surface area contributed by atoms with Gasteiger partial charge in [-0.25, -0.2) is 4.98 Å². The molecule has 0 atom stereocenters. The van der Waals surface area contributed by atoms with E-state index in [0.29, 0.717) is 18.0 Å². The summed E-state index contributed by atoms with van der Waals surface area (Å²) in [6, 6.07) is 8.09. The minimum atomic E-state index is 0.338. The van der Waals surface area contributed by atoms with Gasteiger partial charge in [-0.1, -0.05) is 38.1 Å². The Bertz CT molecular complexity index is 546. The smallest absolute Gasteiger partial charge is 0.185 e. The van der Waals surface area contributed by atoms with Crippen LogP contribution >= 0.6 is 15.9 Å². The van der Waals surface area contributed by atoms with Crippen LogP contribution in [0.5, 0.6) is 0 Å². The fourth-order valence-corrected chi connectivity index (χ4v) is 2.32. The molecule has 4 heteroatoms. The summed E-state index contributed by atoms with van der Waals surface area (Å²) in [5.41, 5.74) is 3.06. The summed E-state index contributed by atoms with van der Waals surface area (Å²) >= 11 is 3.40. The van der Waals surface area contributed by atoms with Crippen LogP contribution in [-0.4, -0.2) is 16.3 Å². The van der Waals surface area contributed by atoms with Gasteiger partial charge in [-0.2, -0.15) is 0 Å². The molecule has 1 aromatic carbocycles. The number of nitrogens with one attached hydrogen (secondary N) is 1. The van der Waals surface area contributed by atoms with Gasteiger partial charge >= 0.3 is 0 Å². The first-order chi connectivity index (χ1) is 8.13. The molecule has 2 rings (SSSR count). The molecular formula is C13H13BrN2O. The Hall–Kier alpha value is -1.42. The first kappa shape index (κ1) is 12.0. The predicted octanol–water partition coefficient (Wildman–Crippen LogP) is 3.78. The highest BCUT2D eigenvalue weighted by molar-refractivity contribution is 9.10. The van der Waals surface area contributed by atoms with E-state index < -0.39 is 0 Å². The Labute approximate surface area is 108 Å². The summed E-state index contributed by atoms with van der Waals surface area (Å²) in [4.78, 5) is 17.9. The summed E-state index contributed by atoms with van der Waals surface area (Å²) < 4.78 is 0.743. The lowest BCUT2D eigenvalue weighted by Gasteiger charge is -2.10. The maximum absolute atomic E-state index is 10.7. The van der Waals surface area contributed by atoms with Gasteiger partial charge in [0.1, 0.15) is 10.3 Å². The molecule has 0 aliphatic rings. The number of benzene rings is 1. The zero-order valence-electron chi connectivity index (χ0n) is 9.70. The monoisotopic (exact) mass is 292 g/mol. The lowest BCUT2D eigenvalue weighted by atomic mass is 9.96. The van der Waals surface area contributed by atoms with Crippen molar-refractivity contribution in [1.29, 1.82) is 0 Å². The topological polar surface area (TPSA) is 45.8 Å². The van der Waals surface area contributed by atoms with Gasteiger partial charge in [0.2, 0.25) is 0 Å². The van der Waals surface area contributed by atoms with Gasteiger partial charge in [0.25, 0.3) is 0 Å². The second-order valence-corrected chi connectivity index (χ2v) is 4.94. The van der Waals surface area contributed by atoms with E-state index in [1.807, 2.05) is 18.2 Å². The summed E-state index contributed by atoms with van der Waals surface area (Å²) in [6.45, 7) is 4.28. The van der Waals surface area contributed by atoms with Gasteiger partial charge in [-0.05, 0) is 27.4 Å². The molecule has 0 saturated carbocycles. The Morgan fingerprint density at radius 2 is 2.06 bits per heavy atom. The molecule has 0 saturated heterocycles. The van der Waals surface area contributed by atoms with Crippen molar-refractivity contribution in [2.24, 2.45) is 0 Å². The quantitative estimate of drug-likeness (QED) is 0.875. The van der Waals surface area contributed by atoms with Crippen LogP contribution in [0.15, 0.2) is 28.9 Å². The van der Waals surface area contributed by atoms with Gasteiger partial charge < -0.3 is 4.98 Å². The molecule has 0 aliphatic heterocycles. The number of hydrogen-bond acceptors (Lipinski definition) is 2. The van der Waals surface area contributed by atoms with Gasteiger partial charge in [0, 0.05) is 5.56 Å². The number of aromatic amines is 1. The first-order valence-corrected chi connectivity index (χ1v) is 6.22. The van der Waals surface area contributed by atoms with E-state index in [1.165, 1.54) is 5.56 Å². The third kappa shape index (κ3) is 2.31. The Morgan fingerprint density at radius 1 is 1.35 bits per heavy atom. The lowest BCUT2D eigenvalue weighted by molar-refractivity contribution is 0.111. The summed E-state index contributed by atoms with van der Waals surface area (Å²) in [5.74, 6) is 0.750. The number of imidazole rings is 1. The molecule has 0 amide bonds. The number of carbonyl (C=O) groups is 1. The minimum absolute atomic E-state index is 0.338. The molecular weight excluding hydrogens is 280 g/mol. The van der Waals surface area contributed by atoms with E-state index in [0.717, 1.165) is 15.9 Å². The van der Waals surface area contributed by atoms with Crippen molar-refractivity contribution < 1.29 is 4.79 Å². The number of carbonyl (C=O) groups excluding carboxylic acids is 1. The normalized spacial score (nSPS) is 10.8. The van der Waals surface area contributed by atoms with Crippen LogP contribution in [0.4, 0.5) is 0 Å². The van der Waals surface area contributed by atoms with Gasteiger partial charge in [0.15, 0.2) is 12.1 Å². The standard InChI is InChI=1S/C13H13BrN2O/c1-8(2)9-5-3-4-6-10(9)12-13(14)16-11(7-17)15-12/h3-8H,1-2H3,(H,15,16). The molecule has 0 unspecified atom stereocenters. The maximum Gasteiger partial charge on any atom is 0.185 e. The van der Waals surface area contributed by atoms with Gasteiger partial charge in [0.05, 0.1) is 0 Å². The van der Waals surface area contributed by atoms with Crippen LogP contribution < -0.4 is 0 Å². The third-order valence-corrected chi connectivity index (χ3v) is 3.20. The summed E-state index contributed by atoms with van der Waals surface area (Å²) in [7, 11) is 0. The summed E-state index contributed by atoms with van der Waals surface area (Å²) in [6.07, 6.45) is 0.715. The fourth-order valence-electron chi connectivity index (χ4n) is 1.82. The van der Waals surface area contributed by atoms with Crippen molar-refractivity contribution in [3.8, 4) is 11.3 Å². The molecule has 1 N–H and O–H groups in total. The number of halogens is 1. The maximum atomic E-state index is 10.7. The molecule has 1 aromatic heterocycles. The zero-order valence-corrected chi connectivity index (χ0v) is 11.3. The van der Waals surface area contributed by atoms with E-state index in [4.69, 9.17) is 0 Å². The van der Waals surface area contributed by atoms with E-state index in [1.54, 1.807) is 0 Å². The van der Waals surface area contributed by atoms with E-state index in [2.05, 4.69) is 45.8 Å². The Kier molecular flexibility index (Phi) is 3.43. The number of aldehydes is 1. The van der Waals surface area contributed by atoms with E-state index in [9.17, 15) is 4.79 Å². The molecule has 0 fully saturated rings. The van der Waals surface area contributed by atoms with Crippen LogP contribution in [0.2, 0.25) is 0 Å². The van der Waals surface area contributed by atoms with Crippen molar-refractivity contribution in [2.45, 2.75) is 19.8 Å². The zero-order chi connectivity index (χ0) is 12.4. The van der Waals surface area contributed by atoms with Crippen LogP contribution in [0.1, 0.15) is 35.9 Å². The average molecular weight is 293 g/mol. The van der Waals surface area contributed by atoms with Crippen LogP contribution in [0.25, 0.3) is 11.3 Å². The molecule has 88 valence electrons. The predicted molar refractivity (Wildman–Crippen MR) is 71.2 cm³/mol. The van der Waals surface area contributed by atoms with Crippen molar-refractivity contribution in [2.75, 3.05) is 0 Å². The molecule has 0 radical (unpaired) electrons. The van der Waals surface area contributed by atoms with E-state index >= 15 is 0 Å². The fraction of sp³-hybridized carbons (Fsp3) is 0.231. The van der Waals surface area contributed by atoms with Crippen molar-refractivity contribution in [3.05, 3.63) is 40.3 Å². The van der Waals surface area contributed by atoms with Crippen molar-refractivity contribution in [3.63, 3.8) is 0 Å². The van der Waals surface area contributed by atoms with Crippen LogP contribution in [0, 0.1) is 0 Å². The van der Waals surface area contributed by atoms with Crippen LogP contribution in [-0.2, 0) is 0 Å². The Morgan fingerprint density at radius 3 is 2.65 bits per heavy atom. The highest BCUT2D eigenvalue weighted by Gasteiger charge is 2.14. The number of aromatic nitrogens is 2. The second-order valence-electron chi connectivity index (χ2n) is 4.14. The largest absolute Gasteiger partial charge is 0.330 e. The molecule has 17 heavy (non-hydrogen) atoms. The third-order valence-electron chi connectivity index (χ3n) is 2.63. The SMILES string of the molecule is CC(C)c1ccccc1-c1nc(C=O)[nH]c1Br.